The van der Waals surface area contributed by atoms with Crippen molar-refractivity contribution in [1.29, 1.82) is 0 Å². The van der Waals surface area contributed by atoms with Crippen molar-refractivity contribution in [3.63, 3.8) is 0 Å². The normalized spacial score (nSPS) is 20.4. The molecule has 102 valence electrons. The summed E-state index contributed by atoms with van der Waals surface area (Å²) in [6, 6.07) is 0. The first kappa shape index (κ1) is 15.3. The molecule has 0 aliphatic carbocycles. The highest BCUT2D eigenvalue weighted by Crippen LogP contribution is 2.13. The van der Waals surface area contributed by atoms with Gasteiger partial charge in [-0.15, -0.1) is 0 Å². The van der Waals surface area contributed by atoms with Crippen molar-refractivity contribution in [3.8, 4) is 0 Å². The van der Waals surface area contributed by atoms with Crippen LogP contribution in [0.4, 0.5) is 0 Å². The first-order valence-corrected chi connectivity index (χ1v) is 9.25. The molecule has 0 aromatic carbocycles. The topological polar surface area (TPSA) is 58.2 Å². The van der Waals surface area contributed by atoms with Gasteiger partial charge in [0.1, 0.15) is 0 Å². The number of hydrogen-bond donors (Lipinski definition) is 2. The van der Waals surface area contributed by atoms with Crippen LogP contribution in [0.15, 0.2) is 0 Å². The van der Waals surface area contributed by atoms with Crippen LogP contribution in [0.25, 0.3) is 0 Å². The van der Waals surface area contributed by atoms with Gasteiger partial charge in [0.05, 0.1) is 5.75 Å². The molecule has 6 heteroatoms. The standard InChI is InChI=1S/C11H24N2O2S2/c1-10(8-16-2)7-13-17(14,15)9-11-3-5-12-6-4-11/h10-13H,3-9H2,1-2H3. The second-order valence-electron chi connectivity index (χ2n) is 4.88. The maximum atomic E-state index is 11.9. The van der Waals surface area contributed by atoms with Crippen LogP contribution < -0.4 is 10.0 Å². The van der Waals surface area contributed by atoms with E-state index >= 15 is 0 Å². The van der Waals surface area contributed by atoms with Gasteiger partial charge in [-0.2, -0.15) is 11.8 Å². The molecule has 1 unspecified atom stereocenters. The first-order valence-electron chi connectivity index (χ1n) is 6.20. The van der Waals surface area contributed by atoms with Crippen molar-refractivity contribution >= 4 is 21.8 Å². The SMILES string of the molecule is CSCC(C)CNS(=O)(=O)CC1CCNCC1. The predicted octanol–water partition coefficient (Wildman–Crippen LogP) is 0.904. The number of rotatable bonds is 7. The molecule has 2 N–H and O–H groups in total. The zero-order chi connectivity index (χ0) is 12.7. The molecule has 17 heavy (non-hydrogen) atoms. The van der Waals surface area contributed by atoms with E-state index in [1.165, 1.54) is 0 Å². The number of sulfonamides is 1. The van der Waals surface area contributed by atoms with Gasteiger partial charge in [-0.05, 0) is 49.8 Å². The average Bonchev–Trinajstić information content (AvgIpc) is 2.28. The monoisotopic (exact) mass is 280 g/mol. The molecule has 0 spiro atoms. The molecular weight excluding hydrogens is 256 g/mol. The summed E-state index contributed by atoms with van der Waals surface area (Å²) in [5.41, 5.74) is 0. The molecule has 0 amide bonds. The molecule has 1 heterocycles. The van der Waals surface area contributed by atoms with Crippen molar-refractivity contribution in [1.82, 2.24) is 10.0 Å². The lowest BCUT2D eigenvalue weighted by Crippen LogP contribution is -2.37. The van der Waals surface area contributed by atoms with Crippen LogP contribution in [0.3, 0.4) is 0 Å². The van der Waals surface area contributed by atoms with Crippen molar-refractivity contribution in [3.05, 3.63) is 0 Å². The van der Waals surface area contributed by atoms with Crippen LogP contribution in [0.1, 0.15) is 19.8 Å². The maximum Gasteiger partial charge on any atom is 0.211 e. The zero-order valence-corrected chi connectivity index (χ0v) is 12.4. The molecule has 0 aromatic rings. The Bertz CT molecular complexity index is 301. The Balaban J connectivity index is 2.29. The lowest BCUT2D eigenvalue weighted by atomic mass is 10.0. The van der Waals surface area contributed by atoms with E-state index in [-0.39, 0.29) is 0 Å². The third kappa shape index (κ3) is 6.64. The Kier molecular flexibility index (Phi) is 6.84. The van der Waals surface area contributed by atoms with Crippen LogP contribution in [0.5, 0.6) is 0 Å². The van der Waals surface area contributed by atoms with Crippen LogP contribution in [0.2, 0.25) is 0 Å². The van der Waals surface area contributed by atoms with Crippen LogP contribution in [-0.4, -0.2) is 45.8 Å². The largest absolute Gasteiger partial charge is 0.317 e. The average molecular weight is 280 g/mol. The molecule has 0 saturated carbocycles. The fourth-order valence-electron chi connectivity index (χ4n) is 2.03. The Labute approximate surface area is 109 Å². The Morgan fingerprint density at radius 2 is 2.06 bits per heavy atom. The summed E-state index contributed by atoms with van der Waals surface area (Å²) < 4.78 is 26.5. The summed E-state index contributed by atoms with van der Waals surface area (Å²) in [5.74, 6) is 2.01. The summed E-state index contributed by atoms with van der Waals surface area (Å²) in [6.07, 6.45) is 3.99. The fraction of sp³-hybridized carbons (Fsp3) is 1.00. The smallest absolute Gasteiger partial charge is 0.211 e. The van der Waals surface area contributed by atoms with E-state index in [1.807, 2.05) is 6.26 Å². The minimum atomic E-state index is -3.08. The van der Waals surface area contributed by atoms with Crippen molar-refractivity contribution in [2.75, 3.05) is 37.4 Å². The third-order valence-corrected chi connectivity index (χ3v) is 5.44. The van der Waals surface area contributed by atoms with E-state index < -0.39 is 10.0 Å². The van der Waals surface area contributed by atoms with Crippen LogP contribution in [-0.2, 0) is 10.0 Å². The summed E-state index contributed by atoms with van der Waals surface area (Å²) in [5, 5.41) is 3.25. The Morgan fingerprint density at radius 1 is 1.41 bits per heavy atom. The Hall–Kier alpha value is 0.220. The molecular formula is C11H24N2O2S2. The maximum absolute atomic E-state index is 11.9. The summed E-state index contributed by atoms with van der Waals surface area (Å²) in [6.45, 7) is 4.53. The molecule has 1 atom stereocenters. The fourth-order valence-corrected chi connectivity index (χ4v) is 4.33. The summed E-state index contributed by atoms with van der Waals surface area (Å²) >= 11 is 1.75. The predicted molar refractivity (Wildman–Crippen MR) is 74.9 cm³/mol. The molecule has 0 bridgehead atoms. The summed E-state index contributed by atoms with van der Waals surface area (Å²) in [4.78, 5) is 0. The lowest BCUT2D eigenvalue weighted by molar-refractivity contribution is 0.399. The van der Waals surface area contributed by atoms with Gasteiger partial charge in [-0.1, -0.05) is 6.92 Å². The molecule has 1 aliphatic rings. The van der Waals surface area contributed by atoms with E-state index in [0.29, 0.717) is 24.1 Å². The van der Waals surface area contributed by atoms with Gasteiger partial charge in [0, 0.05) is 6.54 Å². The van der Waals surface area contributed by atoms with Crippen LogP contribution in [0, 0.1) is 11.8 Å². The van der Waals surface area contributed by atoms with Gasteiger partial charge in [-0.25, -0.2) is 13.1 Å². The molecule has 1 saturated heterocycles. The van der Waals surface area contributed by atoms with Crippen molar-refractivity contribution in [2.45, 2.75) is 19.8 Å². The van der Waals surface area contributed by atoms with E-state index in [1.54, 1.807) is 11.8 Å². The molecule has 1 fully saturated rings. The van der Waals surface area contributed by atoms with Crippen molar-refractivity contribution in [2.24, 2.45) is 11.8 Å². The van der Waals surface area contributed by atoms with Gasteiger partial charge < -0.3 is 5.32 Å². The van der Waals surface area contributed by atoms with Gasteiger partial charge in [0.25, 0.3) is 0 Å². The Morgan fingerprint density at radius 3 is 2.65 bits per heavy atom. The molecule has 1 rings (SSSR count). The second-order valence-corrected chi connectivity index (χ2v) is 7.65. The minimum Gasteiger partial charge on any atom is -0.317 e. The molecule has 4 nitrogen and oxygen atoms in total. The van der Waals surface area contributed by atoms with Gasteiger partial charge >= 0.3 is 0 Å². The number of nitrogens with one attached hydrogen (secondary N) is 2. The quantitative estimate of drug-likeness (QED) is 0.727. The highest BCUT2D eigenvalue weighted by molar-refractivity contribution is 7.98. The number of piperidine rings is 1. The van der Waals surface area contributed by atoms with Crippen molar-refractivity contribution < 1.29 is 8.42 Å². The third-order valence-electron chi connectivity index (χ3n) is 3.02. The zero-order valence-electron chi connectivity index (χ0n) is 10.7. The molecule has 0 radical (unpaired) electrons. The van der Waals surface area contributed by atoms with Gasteiger partial charge in [-0.3, -0.25) is 0 Å². The first-order chi connectivity index (χ1) is 8.03. The van der Waals surface area contributed by atoms with Gasteiger partial charge in [0.2, 0.25) is 10.0 Å². The number of thioether (sulfide) groups is 1. The lowest BCUT2D eigenvalue weighted by Gasteiger charge is -2.22. The van der Waals surface area contributed by atoms with E-state index in [0.717, 1.165) is 31.7 Å². The van der Waals surface area contributed by atoms with Crippen LogP contribution >= 0.6 is 11.8 Å². The molecule has 1 aliphatic heterocycles. The minimum absolute atomic E-state index is 0.292. The summed E-state index contributed by atoms with van der Waals surface area (Å²) in [7, 11) is -3.08. The number of hydrogen-bond acceptors (Lipinski definition) is 4. The van der Waals surface area contributed by atoms with Gasteiger partial charge in [0.15, 0.2) is 0 Å². The second kappa shape index (κ2) is 7.61. The van der Waals surface area contributed by atoms with E-state index in [2.05, 4.69) is 17.0 Å². The van der Waals surface area contributed by atoms with E-state index in [4.69, 9.17) is 0 Å². The highest BCUT2D eigenvalue weighted by atomic mass is 32.2. The molecule has 0 aromatic heterocycles. The highest BCUT2D eigenvalue weighted by Gasteiger charge is 2.21. The van der Waals surface area contributed by atoms with E-state index in [9.17, 15) is 8.42 Å².